The van der Waals surface area contributed by atoms with Gasteiger partial charge in [-0.3, -0.25) is 9.59 Å². The number of hydrogen-bond acceptors (Lipinski definition) is 12. The van der Waals surface area contributed by atoms with Crippen molar-refractivity contribution in [3.05, 3.63) is 69.7 Å². The molecule has 0 spiro atoms. The van der Waals surface area contributed by atoms with E-state index in [1.54, 1.807) is 0 Å². The van der Waals surface area contributed by atoms with Crippen LogP contribution < -0.4 is 31.1 Å². The van der Waals surface area contributed by atoms with E-state index in [4.69, 9.17) is 0 Å². The second-order valence-electron chi connectivity index (χ2n) is 12.7. The minimum Gasteiger partial charge on any atom is -0.369 e. The van der Waals surface area contributed by atoms with Gasteiger partial charge in [0.25, 0.3) is 0 Å². The Labute approximate surface area is 288 Å². The summed E-state index contributed by atoms with van der Waals surface area (Å²) in [4.78, 5) is 30.5. The zero-order valence-corrected chi connectivity index (χ0v) is 28.6. The average molecular weight is 687 g/mol. The van der Waals surface area contributed by atoms with Crippen LogP contribution in [0.4, 0.5) is 21.6 Å². The predicted octanol–water partition coefficient (Wildman–Crippen LogP) is 4.01. The van der Waals surface area contributed by atoms with E-state index in [0.29, 0.717) is 23.1 Å². The van der Waals surface area contributed by atoms with Gasteiger partial charge < -0.3 is 31.1 Å². The molecule has 2 atom stereocenters. The monoisotopic (exact) mass is 686 g/mol. The number of anilines is 4. The van der Waals surface area contributed by atoms with Crippen LogP contribution in [0.3, 0.4) is 0 Å². The highest BCUT2D eigenvalue weighted by Crippen LogP contribution is 2.43. The highest BCUT2D eigenvalue weighted by Gasteiger charge is 2.29. The molecule has 0 unspecified atom stereocenters. The zero-order chi connectivity index (χ0) is 32.7. The Morgan fingerprint density at radius 1 is 0.688 bits per heavy atom. The second-order valence-corrected chi connectivity index (χ2v) is 14.7. The Bertz CT molecular complexity index is 1580. The van der Waals surface area contributed by atoms with E-state index in [1.807, 2.05) is 24.3 Å². The number of benzene rings is 2. The van der Waals surface area contributed by atoms with Crippen LogP contribution in [0.15, 0.2) is 48.5 Å². The Kier molecular flexibility index (Phi) is 10.5. The fraction of sp³-hybridized carbons (Fsp3) is 0.471. The summed E-state index contributed by atoms with van der Waals surface area (Å²) in [6, 6.07) is 16.5. The lowest BCUT2D eigenvalue weighted by Gasteiger charge is -2.29. The predicted molar refractivity (Wildman–Crippen MR) is 191 cm³/mol. The summed E-state index contributed by atoms with van der Waals surface area (Å²) >= 11 is 2.92. The van der Waals surface area contributed by atoms with Crippen molar-refractivity contribution in [3.8, 4) is 0 Å². The molecule has 3 aliphatic rings. The number of nitrogens with zero attached hydrogens (tertiary/aromatic N) is 6. The third-order valence-electron chi connectivity index (χ3n) is 9.26. The number of carbonyl (C=O) groups excluding carboxylic acids is 2. The summed E-state index contributed by atoms with van der Waals surface area (Å²) in [5.41, 5.74) is 4.28. The normalized spacial score (nSPS) is 20.0. The molecule has 48 heavy (non-hydrogen) atoms. The smallest absolute Gasteiger partial charge is 0.230 e. The van der Waals surface area contributed by atoms with E-state index < -0.39 is 0 Å². The van der Waals surface area contributed by atoms with E-state index in [0.717, 1.165) is 111 Å². The summed E-state index contributed by atoms with van der Waals surface area (Å²) < 4.78 is 0. The standard InChI is InChI=1S/C34H42N10O2S2/c45-29(20-23-4-1-8-27(18-23)43-14-10-35-11-15-43)37-33-41-39-31(47-33)25-6-3-7-26(22-25)32-40-42-34(48-32)38-30(46)21-24-5-2-9-28(19-24)44-16-12-36-13-17-44/h1-2,4-5,8-9,18-19,25-26,35-36H,3,6-7,10-17,20-22H2,(H,37,41,45)(H,38,42,46)/t25-,26-/m0/s1. The van der Waals surface area contributed by atoms with Crippen molar-refractivity contribution < 1.29 is 9.59 Å². The molecule has 4 heterocycles. The highest BCUT2D eigenvalue weighted by molar-refractivity contribution is 7.15. The quantitative estimate of drug-likeness (QED) is 0.194. The molecule has 252 valence electrons. The van der Waals surface area contributed by atoms with Crippen molar-refractivity contribution in [3.63, 3.8) is 0 Å². The van der Waals surface area contributed by atoms with Gasteiger partial charge in [0.1, 0.15) is 10.0 Å². The molecule has 2 amide bonds. The molecule has 4 N–H and O–H groups in total. The van der Waals surface area contributed by atoms with Crippen molar-refractivity contribution in [2.24, 2.45) is 0 Å². The minimum absolute atomic E-state index is 0.0904. The summed E-state index contributed by atoms with van der Waals surface area (Å²) in [5, 5.41) is 33.2. The van der Waals surface area contributed by atoms with E-state index in [2.05, 4.69) is 75.7 Å². The molecule has 1 saturated carbocycles. The maximum Gasteiger partial charge on any atom is 0.230 e. The first kappa shape index (κ1) is 32.6. The molecule has 7 rings (SSSR count). The molecule has 0 bridgehead atoms. The van der Waals surface area contributed by atoms with Gasteiger partial charge in [-0.05, 0) is 54.7 Å². The molecule has 2 aliphatic heterocycles. The van der Waals surface area contributed by atoms with Gasteiger partial charge in [0.2, 0.25) is 22.1 Å². The van der Waals surface area contributed by atoms with Gasteiger partial charge in [0.05, 0.1) is 12.8 Å². The topological polar surface area (TPSA) is 140 Å². The number of amides is 2. The van der Waals surface area contributed by atoms with Gasteiger partial charge in [-0.15, -0.1) is 20.4 Å². The van der Waals surface area contributed by atoms with E-state index in [1.165, 1.54) is 22.7 Å². The van der Waals surface area contributed by atoms with Gasteiger partial charge in [0, 0.05) is 75.6 Å². The van der Waals surface area contributed by atoms with Gasteiger partial charge in [-0.25, -0.2) is 0 Å². The fourth-order valence-electron chi connectivity index (χ4n) is 6.81. The lowest BCUT2D eigenvalue weighted by Crippen LogP contribution is -2.43. The Balaban J connectivity index is 0.903. The van der Waals surface area contributed by atoms with Crippen LogP contribution in [0.2, 0.25) is 0 Å². The molecular formula is C34H42N10O2S2. The molecule has 2 saturated heterocycles. The van der Waals surface area contributed by atoms with Crippen LogP contribution in [-0.2, 0) is 22.4 Å². The lowest BCUT2D eigenvalue weighted by atomic mass is 9.82. The van der Waals surface area contributed by atoms with Crippen LogP contribution in [-0.4, -0.2) is 84.6 Å². The molecule has 3 fully saturated rings. The number of hydrogen-bond donors (Lipinski definition) is 4. The first-order chi connectivity index (χ1) is 23.6. The van der Waals surface area contributed by atoms with E-state index in [9.17, 15) is 9.59 Å². The summed E-state index contributed by atoms with van der Waals surface area (Å²) in [7, 11) is 0. The summed E-state index contributed by atoms with van der Waals surface area (Å²) in [5.74, 6) is 0.305. The number of rotatable bonds is 10. The third-order valence-corrected chi connectivity index (χ3v) is 11.3. The van der Waals surface area contributed by atoms with Crippen molar-refractivity contribution in [2.75, 3.05) is 72.8 Å². The third kappa shape index (κ3) is 8.35. The van der Waals surface area contributed by atoms with Crippen molar-refractivity contribution in [2.45, 2.75) is 50.4 Å². The maximum absolute atomic E-state index is 12.9. The van der Waals surface area contributed by atoms with Gasteiger partial charge in [-0.1, -0.05) is 53.4 Å². The first-order valence-electron chi connectivity index (χ1n) is 16.9. The highest BCUT2D eigenvalue weighted by atomic mass is 32.1. The van der Waals surface area contributed by atoms with Crippen LogP contribution in [0.1, 0.15) is 58.7 Å². The van der Waals surface area contributed by atoms with Gasteiger partial charge in [-0.2, -0.15) is 0 Å². The van der Waals surface area contributed by atoms with Crippen LogP contribution in [0.25, 0.3) is 0 Å². The van der Waals surface area contributed by atoms with Crippen molar-refractivity contribution in [1.29, 1.82) is 0 Å². The van der Waals surface area contributed by atoms with Gasteiger partial charge >= 0.3 is 0 Å². The number of aromatic nitrogens is 4. The number of nitrogens with one attached hydrogen (secondary N) is 4. The molecule has 2 aromatic heterocycles. The van der Waals surface area contributed by atoms with Crippen LogP contribution in [0.5, 0.6) is 0 Å². The zero-order valence-electron chi connectivity index (χ0n) is 27.0. The van der Waals surface area contributed by atoms with Crippen molar-refractivity contribution >= 4 is 56.1 Å². The largest absolute Gasteiger partial charge is 0.369 e. The summed E-state index contributed by atoms with van der Waals surface area (Å²) in [6.07, 6.45) is 4.56. The maximum atomic E-state index is 12.9. The molecule has 14 heteroatoms. The van der Waals surface area contributed by atoms with Crippen molar-refractivity contribution in [1.82, 2.24) is 31.0 Å². The Morgan fingerprint density at radius 3 is 1.60 bits per heavy atom. The number of piperazine rings is 2. The SMILES string of the molecule is O=C(Cc1cccc(N2CCNCC2)c1)Nc1nnc([C@H]2CCC[C@H](c3nnc(NC(=O)Cc4cccc(N5CCNCC5)c4)s3)C2)s1. The van der Waals surface area contributed by atoms with Gasteiger partial charge in [0.15, 0.2) is 0 Å². The summed E-state index contributed by atoms with van der Waals surface area (Å²) in [6.45, 7) is 7.76. The van der Waals surface area contributed by atoms with E-state index in [-0.39, 0.29) is 23.7 Å². The molecule has 2 aromatic carbocycles. The Morgan fingerprint density at radius 2 is 1.15 bits per heavy atom. The second kappa shape index (κ2) is 15.5. The number of carbonyl (C=O) groups is 2. The molecule has 4 aromatic rings. The van der Waals surface area contributed by atoms with E-state index >= 15 is 0 Å². The van der Waals surface area contributed by atoms with Crippen LogP contribution in [0, 0.1) is 0 Å². The molecule has 0 radical (unpaired) electrons. The lowest BCUT2D eigenvalue weighted by molar-refractivity contribution is -0.116. The molecule has 1 aliphatic carbocycles. The fourth-order valence-corrected chi connectivity index (χ4v) is 8.62. The average Bonchev–Trinajstić information content (AvgIpc) is 3.79. The molecule has 12 nitrogen and oxygen atoms in total. The minimum atomic E-state index is -0.0904. The van der Waals surface area contributed by atoms with Crippen LogP contribution >= 0.6 is 22.7 Å². The molecular weight excluding hydrogens is 645 g/mol. The Hall–Kier alpha value is -3.98. The first-order valence-corrected chi connectivity index (χ1v) is 18.5.